The fourth-order valence-electron chi connectivity index (χ4n) is 5.15. The predicted molar refractivity (Wildman–Crippen MR) is 220 cm³/mol. The summed E-state index contributed by atoms with van der Waals surface area (Å²) in [6.45, 7) is 4.02. The van der Waals surface area contributed by atoms with Gasteiger partial charge in [-0.15, -0.1) is 0 Å². The predicted octanol–water partition coefficient (Wildman–Crippen LogP) is 11.3. The van der Waals surface area contributed by atoms with E-state index in [1.165, 1.54) is 77.0 Å². The van der Waals surface area contributed by atoms with Gasteiger partial charge in [0.25, 0.3) is 0 Å². The van der Waals surface area contributed by atoms with Gasteiger partial charge in [-0.2, -0.15) is 0 Å². The van der Waals surface area contributed by atoms with Crippen molar-refractivity contribution in [2.75, 3.05) is 26.4 Å². The topological polar surface area (TPSA) is 138 Å². The van der Waals surface area contributed by atoms with Crippen molar-refractivity contribution in [2.24, 2.45) is 5.73 Å². The number of esters is 1. The second-order valence-corrected chi connectivity index (χ2v) is 14.9. The lowest BCUT2D eigenvalue weighted by Gasteiger charge is -2.19. The number of aliphatic hydroxyl groups is 1. The average molecular weight is 766 g/mol. The molecule has 9 nitrogen and oxygen atoms in total. The summed E-state index contributed by atoms with van der Waals surface area (Å²) >= 11 is 0. The molecule has 4 N–H and O–H groups in total. The Morgan fingerprint density at radius 1 is 0.679 bits per heavy atom. The van der Waals surface area contributed by atoms with Crippen molar-refractivity contribution in [1.82, 2.24) is 0 Å². The molecule has 0 bridgehead atoms. The highest BCUT2D eigenvalue weighted by Crippen LogP contribution is 2.43. The number of allylic oxidation sites excluding steroid dienone is 9. The van der Waals surface area contributed by atoms with Crippen LogP contribution in [0.2, 0.25) is 0 Å². The fourth-order valence-corrected chi connectivity index (χ4v) is 5.91. The van der Waals surface area contributed by atoms with Crippen LogP contribution in [0.25, 0.3) is 0 Å². The van der Waals surface area contributed by atoms with Crippen LogP contribution >= 0.6 is 7.82 Å². The highest BCUT2D eigenvalue weighted by Gasteiger charge is 2.25. The molecule has 0 amide bonds. The number of aliphatic hydroxyl groups excluding tert-OH is 1. The molecule has 0 heterocycles. The van der Waals surface area contributed by atoms with Crippen molar-refractivity contribution >= 4 is 13.8 Å². The SMILES string of the molecule is CCCCC/C=C\C[C@H](O)/C=C/C=C\C/C=C\CCCC(=O)O[C@H](CO/C=C/CCCCCC/C=C\CCCCCCCC)COP(=O)(O)OCCN. The lowest BCUT2D eigenvalue weighted by atomic mass is 10.1. The third kappa shape index (κ3) is 39.3. The summed E-state index contributed by atoms with van der Waals surface area (Å²) in [5.41, 5.74) is 5.35. The van der Waals surface area contributed by atoms with Crippen LogP contribution in [0, 0.1) is 0 Å². The summed E-state index contributed by atoms with van der Waals surface area (Å²) < 4.78 is 33.0. The third-order valence-corrected chi connectivity index (χ3v) is 9.22. The number of hydrogen-bond acceptors (Lipinski definition) is 8. The zero-order valence-electron chi connectivity index (χ0n) is 33.3. The number of phosphoric ester groups is 1. The van der Waals surface area contributed by atoms with Crippen LogP contribution in [0.4, 0.5) is 0 Å². The highest BCUT2D eigenvalue weighted by atomic mass is 31.2. The van der Waals surface area contributed by atoms with Gasteiger partial charge in [0.2, 0.25) is 0 Å². The van der Waals surface area contributed by atoms with Crippen LogP contribution < -0.4 is 5.73 Å². The number of hydrogen-bond donors (Lipinski definition) is 3. The van der Waals surface area contributed by atoms with E-state index < -0.39 is 26.0 Å². The molecule has 10 heteroatoms. The molecular weight excluding hydrogens is 689 g/mol. The van der Waals surface area contributed by atoms with Gasteiger partial charge in [-0.25, -0.2) is 4.57 Å². The van der Waals surface area contributed by atoms with Crippen LogP contribution in [0.1, 0.15) is 155 Å². The average Bonchev–Trinajstić information content (AvgIpc) is 3.14. The molecular formula is C43H76NO8P. The summed E-state index contributed by atoms with van der Waals surface area (Å²) in [6.07, 6.45) is 46.1. The second kappa shape index (κ2) is 39.4. The number of unbranched alkanes of at least 4 members (excludes halogenated alkanes) is 15. The Labute approximate surface area is 323 Å². The van der Waals surface area contributed by atoms with Gasteiger partial charge in [-0.1, -0.05) is 132 Å². The summed E-state index contributed by atoms with van der Waals surface area (Å²) in [7, 11) is -4.33. The summed E-state index contributed by atoms with van der Waals surface area (Å²) in [5, 5.41) is 10.0. The first-order chi connectivity index (χ1) is 25.8. The Morgan fingerprint density at radius 3 is 1.92 bits per heavy atom. The van der Waals surface area contributed by atoms with Gasteiger partial charge >= 0.3 is 13.8 Å². The molecule has 53 heavy (non-hydrogen) atoms. The van der Waals surface area contributed by atoms with Crippen molar-refractivity contribution in [3.63, 3.8) is 0 Å². The van der Waals surface area contributed by atoms with Crippen molar-refractivity contribution < 1.29 is 37.9 Å². The first-order valence-electron chi connectivity index (χ1n) is 20.6. The number of ether oxygens (including phenoxy) is 2. The van der Waals surface area contributed by atoms with E-state index in [1.54, 1.807) is 12.3 Å². The van der Waals surface area contributed by atoms with Gasteiger partial charge in [0.15, 0.2) is 6.10 Å². The van der Waals surface area contributed by atoms with Gasteiger partial charge in [-0.05, 0) is 83.1 Å². The lowest BCUT2D eigenvalue weighted by Crippen LogP contribution is -2.27. The number of nitrogens with two attached hydrogens (primary N) is 1. The van der Waals surface area contributed by atoms with Crippen molar-refractivity contribution in [3.05, 3.63) is 73.1 Å². The Balaban J connectivity index is 4.32. The Kier molecular flexibility index (Phi) is 37.8. The molecule has 0 aliphatic rings. The van der Waals surface area contributed by atoms with Gasteiger partial charge in [0.1, 0.15) is 6.61 Å². The van der Waals surface area contributed by atoms with E-state index in [-0.39, 0.29) is 32.8 Å². The quantitative estimate of drug-likeness (QED) is 0.0140. The first kappa shape index (κ1) is 50.7. The second-order valence-electron chi connectivity index (χ2n) is 13.4. The first-order valence-corrected chi connectivity index (χ1v) is 22.1. The zero-order chi connectivity index (χ0) is 38.9. The van der Waals surface area contributed by atoms with E-state index >= 15 is 0 Å². The van der Waals surface area contributed by atoms with Crippen LogP contribution in [0.3, 0.4) is 0 Å². The van der Waals surface area contributed by atoms with E-state index in [2.05, 4.69) is 32.1 Å². The molecule has 306 valence electrons. The summed E-state index contributed by atoms with van der Waals surface area (Å²) in [4.78, 5) is 22.4. The number of rotatable bonds is 38. The minimum absolute atomic E-state index is 0.0162. The van der Waals surface area contributed by atoms with E-state index in [0.29, 0.717) is 19.3 Å². The molecule has 0 fully saturated rings. The molecule has 1 unspecified atom stereocenters. The maximum absolute atomic E-state index is 12.5. The maximum Gasteiger partial charge on any atom is 0.472 e. The molecule has 0 radical (unpaired) electrons. The van der Waals surface area contributed by atoms with Crippen LogP contribution in [0.5, 0.6) is 0 Å². The number of carbonyl (C=O) groups is 1. The summed E-state index contributed by atoms with van der Waals surface area (Å²) in [5.74, 6) is -0.438. The summed E-state index contributed by atoms with van der Waals surface area (Å²) in [6, 6.07) is 0. The minimum atomic E-state index is -4.33. The Hall–Kier alpha value is -2.26. The van der Waals surface area contributed by atoms with E-state index in [1.807, 2.05) is 42.5 Å². The monoisotopic (exact) mass is 766 g/mol. The van der Waals surface area contributed by atoms with Crippen LogP contribution in [0.15, 0.2) is 73.1 Å². The normalized spacial score (nSPS) is 14.8. The Morgan fingerprint density at radius 2 is 1.25 bits per heavy atom. The van der Waals surface area contributed by atoms with Gasteiger partial charge in [-0.3, -0.25) is 13.8 Å². The molecule has 3 atom stereocenters. The minimum Gasteiger partial charge on any atom is -0.498 e. The molecule has 0 saturated carbocycles. The van der Waals surface area contributed by atoms with Crippen LogP contribution in [-0.2, 0) is 27.9 Å². The molecule has 0 rings (SSSR count). The van der Waals surface area contributed by atoms with E-state index in [0.717, 1.165) is 38.5 Å². The van der Waals surface area contributed by atoms with E-state index in [4.69, 9.17) is 24.3 Å². The third-order valence-electron chi connectivity index (χ3n) is 8.24. The standard InChI is InChI=1S/C43H76NO8P/c1-3-5-7-9-11-12-13-14-15-16-17-18-21-24-28-32-37-49-39-42(40-51-53(47,48)50-38-36-44)52-43(46)35-31-27-23-20-19-22-26-30-34-41(45)33-29-25-10-8-6-4-2/h14-15,20,22-23,25-26,29-30,32,34,37,41-42,45H,3-13,16-19,21,24,27-28,31,33,35-36,38-40,44H2,1-2H3,(H,47,48)/b15-14-,23-20-,26-22-,29-25-,34-30+,37-32+/t41-,42+/m0/s1. The number of carbonyl (C=O) groups excluding carboxylic acids is 1. The fraction of sp³-hybridized carbons (Fsp3) is 0.698. The van der Waals surface area contributed by atoms with Gasteiger partial charge in [0.05, 0.1) is 25.6 Å². The lowest BCUT2D eigenvalue weighted by molar-refractivity contribution is -0.153. The van der Waals surface area contributed by atoms with Crippen molar-refractivity contribution in [1.29, 1.82) is 0 Å². The molecule has 0 aromatic rings. The van der Waals surface area contributed by atoms with E-state index in [9.17, 15) is 19.4 Å². The number of phosphoric acid groups is 1. The largest absolute Gasteiger partial charge is 0.498 e. The molecule has 0 aromatic heterocycles. The highest BCUT2D eigenvalue weighted by molar-refractivity contribution is 7.47. The maximum atomic E-state index is 12.5. The molecule has 0 spiro atoms. The van der Waals surface area contributed by atoms with Gasteiger partial charge in [0, 0.05) is 13.0 Å². The molecule has 0 aliphatic carbocycles. The zero-order valence-corrected chi connectivity index (χ0v) is 34.2. The molecule has 0 aromatic carbocycles. The molecule has 0 aliphatic heterocycles. The van der Waals surface area contributed by atoms with Crippen molar-refractivity contribution in [2.45, 2.75) is 167 Å². The molecule has 0 saturated heterocycles. The Bertz CT molecular complexity index is 1050. The van der Waals surface area contributed by atoms with Crippen LogP contribution in [-0.4, -0.2) is 54.5 Å². The van der Waals surface area contributed by atoms with Gasteiger partial charge < -0.3 is 25.2 Å². The smallest absolute Gasteiger partial charge is 0.472 e. The van der Waals surface area contributed by atoms with Crippen molar-refractivity contribution in [3.8, 4) is 0 Å².